The van der Waals surface area contributed by atoms with Gasteiger partial charge in [0.15, 0.2) is 0 Å². The lowest BCUT2D eigenvalue weighted by Crippen LogP contribution is -2.14. The number of halogens is 1. The summed E-state index contributed by atoms with van der Waals surface area (Å²) in [6.45, 7) is 4.60. The van der Waals surface area contributed by atoms with Crippen LogP contribution in [0.25, 0.3) is 0 Å². The Morgan fingerprint density at radius 3 is 2.29 bits per heavy atom. The van der Waals surface area contributed by atoms with Crippen LogP contribution in [0.5, 0.6) is 0 Å². The molecule has 0 saturated carbocycles. The molecular weight excluding hydrogens is 114 g/mol. The average molecular weight is 120 g/mol. The summed E-state index contributed by atoms with van der Waals surface area (Å²) >= 11 is 5.15. The van der Waals surface area contributed by atoms with Crippen LogP contribution in [0.1, 0.15) is 6.92 Å². The second-order valence-electron chi connectivity index (χ2n) is 1.09. The number of nitrogens with one attached hydrogen (secondary N) is 1. The van der Waals surface area contributed by atoms with Crippen LogP contribution >= 0.6 is 11.6 Å². The molecule has 0 aliphatic carbocycles. The number of rotatable bonds is 1. The monoisotopic (exact) mass is 119 g/mol. The molecule has 7 heavy (non-hydrogen) atoms. The molecule has 0 spiro atoms. The van der Waals surface area contributed by atoms with E-state index in [0.29, 0.717) is 0 Å². The van der Waals surface area contributed by atoms with Crippen molar-refractivity contribution in [1.82, 2.24) is 5.32 Å². The molecule has 0 rings (SSSR count). The molecule has 0 radical (unpaired) electrons. The van der Waals surface area contributed by atoms with Gasteiger partial charge in [0.25, 0.3) is 0 Å². The molecule has 1 amide bonds. The van der Waals surface area contributed by atoms with Crippen molar-refractivity contribution in [1.29, 1.82) is 0 Å². The molecule has 0 aromatic rings. The van der Waals surface area contributed by atoms with Gasteiger partial charge in [0.05, 0.1) is 0 Å². The Labute approximate surface area is 47.2 Å². The highest BCUT2D eigenvalue weighted by atomic mass is 35.5. The van der Waals surface area contributed by atoms with Crippen LogP contribution in [-0.2, 0) is 4.79 Å². The van der Waals surface area contributed by atoms with Crippen molar-refractivity contribution < 1.29 is 4.79 Å². The number of hydrogen-bond acceptors (Lipinski definition) is 1. The fourth-order valence-electron chi connectivity index (χ4n) is 0.191. The Kier molecular flexibility index (Phi) is 2.45. The summed E-state index contributed by atoms with van der Waals surface area (Å²) in [4.78, 5) is 10.00. The third-order valence-corrected chi connectivity index (χ3v) is 0.406. The maximum absolute atomic E-state index is 10.00. The summed E-state index contributed by atoms with van der Waals surface area (Å²) in [5.41, 5.74) is 0. The number of carbonyl (C=O) groups excluding carboxylic acids is 1. The zero-order chi connectivity index (χ0) is 5.86. The van der Waals surface area contributed by atoms with E-state index >= 15 is 0 Å². The molecule has 2 nitrogen and oxygen atoms in total. The summed E-state index contributed by atoms with van der Waals surface area (Å²) in [7, 11) is 0. The Hall–Kier alpha value is -0.500. The van der Waals surface area contributed by atoms with E-state index in [4.69, 9.17) is 11.6 Å². The molecule has 40 valence electrons. The lowest BCUT2D eigenvalue weighted by atomic mass is 10.7. The molecule has 0 aliphatic rings. The number of hydrogen-bond donors (Lipinski definition) is 1. The molecule has 1 N–H and O–H groups in total. The fourth-order valence-corrected chi connectivity index (χ4v) is 0.324. The number of carbonyl (C=O) groups is 1. The van der Waals surface area contributed by atoms with Crippen molar-refractivity contribution in [3.8, 4) is 0 Å². The normalized spacial score (nSPS) is 7.71. The van der Waals surface area contributed by atoms with E-state index < -0.39 is 0 Å². The summed E-state index contributed by atoms with van der Waals surface area (Å²) in [5.74, 6) is -0.194. The first-order valence-electron chi connectivity index (χ1n) is 1.75. The first-order valence-corrected chi connectivity index (χ1v) is 2.12. The van der Waals surface area contributed by atoms with Gasteiger partial charge in [-0.05, 0) is 0 Å². The van der Waals surface area contributed by atoms with Crippen LogP contribution in [0.15, 0.2) is 11.7 Å². The molecule has 0 fully saturated rings. The highest BCUT2D eigenvalue weighted by Crippen LogP contribution is 1.86. The minimum Gasteiger partial charge on any atom is -0.317 e. The molecular formula is C4H6ClNO. The van der Waals surface area contributed by atoms with Crippen molar-refractivity contribution in [3.05, 3.63) is 11.7 Å². The second kappa shape index (κ2) is 2.64. The van der Waals surface area contributed by atoms with Gasteiger partial charge in [0.2, 0.25) is 5.91 Å². The van der Waals surface area contributed by atoms with Crippen LogP contribution in [0.3, 0.4) is 0 Å². The van der Waals surface area contributed by atoms with E-state index in [1.54, 1.807) is 0 Å². The molecule has 0 heterocycles. The zero-order valence-corrected chi connectivity index (χ0v) is 4.75. The minimum atomic E-state index is -0.194. The SMILES string of the molecule is C=C(Cl)NC(C)=O. The average Bonchev–Trinajstić information content (AvgIpc) is 1.27. The highest BCUT2D eigenvalue weighted by Gasteiger charge is 1.86. The van der Waals surface area contributed by atoms with Gasteiger partial charge in [-0.3, -0.25) is 4.79 Å². The largest absolute Gasteiger partial charge is 0.317 e. The van der Waals surface area contributed by atoms with Crippen molar-refractivity contribution in [2.75, 3.05) is 0 Å². The predicted molar refractivity (Wildman–Crippen MR) is 28.8 cm³/mol. The van der Waals surface area contributed by atoms with Gasteiger partial charge < -0.3 is 5.32 Å². The maximum Gasteiger partial charge on any atom is 0.221 e. The molecule has 0 bridgehead atoms. The van der Waals surface area contributed by atoms with Crippen LogP contribution in [-0.4, -0.2) is 5.91 Å². The second-order valence-corrected chi connectivity index (χ2v) is 1.54. The first-order chi connectivity index (χ1) is 3.13. The van der Waals surface area contributed by atoms with Gasteiger partial charge in [0.1, 0.15) is 5.16 Å². The van der Waals surface area contributed by atoms with Crippen LogP contribution < -0.4 is 5.32 Å². The number of amides is 1. The topological polar surface area (TPSA) is 29.1 Å². The third-order valence-electron chi connectivity index (χ3n) is 0.312. The quantitative estimate of drug-likeness (QED) is 0.509. The minimum absolute atomic E-state index is 0.160. The van der Waals surface area contributed by atoms with E-state index in [1.807, 2.05) is 0 Å². The zero-order valence-electron chi connectivity index (χ0n) is 3.99. The fraction of sp³-hybridized carbons (Fsp3) is 0.250. The summed E-state index contributed by atoms with van der Waals surface area (Å²) in [5, 5.41) is 2.40. The van der Waals surface area contributed by atoms with Crippen molar-refractivity contribution >= 4 is 17.5 Å². The molecule has 0 aromatic carbocycles. The van der Waals surface area contributed by atoms with Crippen LogP contribution in [0.4, 0.5) is 0 Å². The van der Waals surface area contributed by atoms with Crippen molar-refractivity contribution in [2.45, 2.75) is 6.92 Å². The molecule has 0 aromatic heterocycles. The Balaban J connectivity index is 3.32. The van der Waals surface area contributed by atoms with Crippen LogP contribution in [0.2, 0.25) is 0 Å². The third kappa shape index (κ3) is 5.50. The lowest BCUT2D eigenvalue weighted by molar-refractivity contribution is -0.118. The summed E-state index contributed by atoms with van der Waals surface area (Å²) < 4.78 is 0. The maximum atomic E-state index is 10.00. The molecule has 3 heteroatoms. The molecule has 0 aliphatic heterocycles. The van der Waals surface area contributed by atoms with E-state index in [0.717, 1.165) is 0 Å². The van der Waals surface area contributed by atoms with E-state index in [2.05, 4.69) is 11.9 Å². The Morgan fingerprint density at radius 2 is 2.29 bits per heavy atom. The van der Waals surface area contributed by atoms with Gasteiger partial charge in [-0.25, -0.2) is 0 Å². The molecule has 0 atom stereocenters. The van der Waals surface area contributed by atoms with E-state index in [9.17, 15) is 4.79 Å². The van der Waals surface area contributed by atoms with Gasteiger partial charge >= 0.3 is 0 Å². The van der Waals surface area contributed by atoms with Crippen molar-refractivity contribution in [3.63, 3.8) is 0 Å². The Morgan fingerprint density at radius 1 is 1.86 bits per heavy atom. The van der Waals surface area contributed by atoms with Gasteiger partial charge in [-0.15, -0.1) is 0 Å². The first kappa shape index (κ1) is 6.50. The van der Waals surface area contributed by atoms with E-state index in [-0.39, 0.29) is 11.1 Å². The van der Waals surface area contributed by atoms with Gasteiger partial charge in [-0.1, -0.05) is 18.2 Å². The van der Waals surface area contributed by atoms with Crippen LogP contribution in [0, 0.1) is 0 Å². The molecule has 0 unspecified atom stereocenters. The smallest absolute Gasteiger partial charge is 0.221 e. The van der Waals surface area contributed by atoms with Gasteiger partial charge in [-0.2, -0.15) is 0 Å². The predicted octanol–water partition coefficient (Wildman–Crippen LogP) is 0.833. The standard InChI is InChI=1S/C4H6ClNO/c1-3(5)6-4(2)7/h1H2,2H3,(H,6,7). The highest BCUT2D eigenvalue weighted by molar-refractivity contribution is 6.29. The molecule has 0 saturated heterocycles. The van der Waals surface area contributed by atoms with Crippen molar-refractivity contribution in [2.24, 2.45) is 0 Å². The summed E-state index contributed by atoms with van der Waals surface area (Å²) in [6.07, 6.45) is 0. The summed E-state index contributed by atoms with van der Waals surface area (Å²) in [6, 6.07) is 0. The lowest BCUT2D eigenvalue weighted by Gasteiger charge is -1.91. The van der Waals surface area contributed by atoms with E-state index in [1.165, 1.54) is 6.92 Å². The Bertz CT molecular complexity index is 87.9. The van der Waals surface area contributed by atoms with Gasteiger partial charge in [0, 0.05) is 6.92 Å².